The molecule has 0 radical (unpaired) electrons. The van der Waals surface area contributed by atoms with Gasteiger partial charge in [-0.2, -0.15) is 0 Å². The maximum Gasteiger partial charge on any atom is 0.0485 e. The van der Waals surface area contributed by atoms with E-state index in [4.69, 9.17) is 5.73 Å². The zero-order valence-electron chi connectivity index (χ0n) is 11.8. The first-order chi connectivity index (χ1) is 9.15. The fourth-order valence-electron chi connectivity index (χ4n) is 2.50. The highest BCUT2D eigenvalue weighted by Crippen LogP contribution is 2.30. The molecule has 2 rings (SSSR count). The summed E-state index contributed by atoms with van der Waals surface area (Å²) in [7, 11) is 0. The van der Waals surface area contributed by atoms with Crippen molar-refractivity contribution in [3.63, 3.8) is 0 Å². The molecule has 0 spiro atoms. The fourth-order valence-corrected chi connectivity index (χ4v) is 4.21. The van der Waals surface area contributed by atoms with Crippen molar-refractivity contribution in [3.05, 3.63) is 43.8 Å². The summed E-state index contributed by atoms with van der Waals surface area (Å²) < 4.78 is 0. The van der Waals surface area contributed by atoms with Crippen molar-refractivity contribution < 1.29 is 0 Å². The molecular formula is C15H22N2S2. The minimum atomic E-state index is 0.331. The molecule has 0 bridgehead atoms. The van der Waals surface area contributed by atoms with Crippen LogP contribution < -0.4 is 5.73 Å². The molecule has 1 unspecified atom stereocenters. The molecule has 2 aromatic heterocycles. The summed E-state index contributed by atoms with van der Waals surface area (Å²) in [5.74, 6) is 0. The van der Waals surface area contributed by atoms with Crippen molar-refractivity contribution in [2.45, 2.75) is 33.4 Å². The molecule has 0 saturated carbocycles. The van der Waals surface area contributed by atoms with Crippen LogP contribution in [0, 0.1) is 13.8 Å². The van der Waals surface area contributed by atoms with E-state index in [2.05, 4.69) is 49.3 Å². The van der Waals surface area contributed by atoms with Gasteiger partial charge in [0.1, 0.15) is 0 Å². The summed E-state index contributed by atoms with van der Waals surface area (Å²) in [6, 6.07) is 6.95. The molecule has 2 nitrogen and oxygen atoms in total. The molecule has 0 amide bonds. The number of hydrogen-bond donors (Lipinski definition) is 1. The van der Waals surface area contributed by atoms with Gasteiger partial charge in [0.25, 0.3) is 0 Å². The lowest BCUT2D eigenvalue weighted by atomic mass is 10.1. The number of rotatable bonds is 6. The van der Waals surface area contributed by atoms with E-state index >= 15 is 0 Å². The van der Waals surface area contributed by atoms with Crippen LogP contribution >= 0.6 is 22.7 Å². The Morgan fingerprint density at radius 3 is 2.63 bits per heavy atom. The molecule has 0 fully saturated rings. The van der Waals surface area contributed by atoms with E-state index in [1.807, 2.05) is 22.7 Å². The number of likely N-dealkylation sites (N-methyl/N-ethyl adjacent to an activating group) is 1. The zero-order chi connectivity index (χ0) is 13.8. The van der Waals surface area contributed by atoms with Gasteiger partial charge in [0, 0.05) is 33.8 Å². The van der Waals surface area contributed by atoms with E-state index in [0.29, 0.717) is 12.6 Å². The van der Waals surface area contributed by atoms with Gasteiger partial charge in [0.05, 0.1) is 0 Å². The monoisotopic (exact) mass is 294 g/mol. The third kappa shape index (κ3) is 3.45. The first-order valence-electron chi connectivity index (χ1n) is 6.69. The van der Waals surface area contributed by atoms with E-state index in [1.54, 1.807) is 0 Å². The SMILES string of the molecule is CCN(Cc1cccs1)C(CN)c1cc(C)sc1C. The third-order valence-corrected chi connectivity index (χ3v) is 5.29. The molecule has 1 atom stereocenters. The van der Waals surface area contributed by atoms with E-state index in [0.717, 1.165) is 13.1 Å². The number of aryl methyl sites for hydroxylation is 2. The van der Waals surface area contributed by atoms with Crippen molar-refractivity contribution in [1.82, 2.24) is 4.90 Å². The summed E-state index contributed by atoms with van der Waals surface area (Å²) in [5.41, 5.74) is 7.46. The second-order valence-electron chi connectivity index (χ2n) is 4.76. The highest BCUT2D eigenvalue weighted by atomic mass is 32.1. The Hall–Kier alpha value is -0.680. The van der Waals surface area contributed by atoms with Gasteiger partial charge in [0.15, 0.2) is 0 Å². The molecule has 2 heterocycles. The van der Waals surface area contributed by atoms with Gasteiger partial charge in [-0.15, -0.1) is 22.7 Å². The summed E-state index contributed by atoms with van der Waals surface area (Å²) in [6.07, 6.45) is 0. The maximum absolute atomic E-state index is 6.05. The van der Waals surface area contributed by atoms with Gasteiger partial charge in [-0.3, -0.25) is 4.90 Å². The lowest BCUT2D eigenvalue weighted by molar-refractivity contribution is 0.205. The number of thiophene rings is 2. The molecule has 0 aromatic carbocycles. The van der Waals surface area contributed by atoms with Gasteiger partial charge in [-0.05, 0) is 43.5 Å². The Bertz CT molecular complexity index is 502. The lowest BCUT2D eigenvalue weighted by Gasteiger charge is -2.29. The third-order valence-electron chi connectivity index (χ3n) is 3.45. The molecule has 0 saturated heterocycles. The van der Waals surface area contributed by atoms with Crippen LogP contribution in [0.3, 0.4) is 0 Å². The zero-order valence-corrected chi connectivity index (χ0v) is 13.5. The van der Waals surface area contributed by atoms with Gasteiger partial charge in [-0.25, -0.2) is 0 Å². The molecule has 2 aromatic rings. The lowest BCUT2D eigenvalue weighted by Crippen LogP contribution is -2.33. The largest absolute Gasteiger partial charge is 0.329 e. The first-order valence-corrected chi connectivity index (χ1v) is 8.38. The highest BCUT2D eigenvalue weighted by Gasteiger charge is 2.21. The van der Waals surface area contributed by atoms with Crippen molar-refractivity contribution in [2.75, 3.05) is 13.1 Å². The minimum Gasteiger partial charge on any atom is -0.329 e. The Morgan fingerprint density at radius 2 is 2.16 bits per heavy atom. The molecule has 0 aliphatic carbocycles. The number of nitrogens with zero attached hydrogens (tertiary/aromatic N) is 1. The van der Waals surface area contributed by atoms with Crippen LogP contribution in [0.25, 0.3) is 0 Å². The van der Waals surface area contributed by atoms with Crippen LogP contribution in [0.1, 0.15) is 33.2 Å². The first kappa shape index (κ1) is 14.7. The average Bonchev–Trinajstić information content (AvgIpc) is 2.99. The van der Waals surface area contributed by atoms with Crippen LogP contribution in [0.5, 0.6) is 0 Å². The minimum absolute atomic E-state index is 0.331. The van der Waals surface area contributed by atoms with Crippen molar-refractivity contribution >= 4 is 22.7 Å². The van der Waals surface area contributed by atoms with Crippen LogP contribution in [0.4, 0.5) is 0 Å². The van der Waals surface area contributed by atoms with Crippen LogP contribution in [0.15, 0.2) is 23.6 Å². The molecule has 19 heavy (non-hydrogen) atoms. The van der Waals surface area contributed by atoms with Crippen LogP contribution in [-0.4, -0.2) is 18.0 Å². The Labute approximate surface area is 123 Å². The Morgan fingerprint density at radius 1 is 1.37 bits per heavy atom. The predicted molar refractivity (Wildman–Crippen MR) is 86.0 cm³/mol. The molecule has 104 valence electrons. The quantitative estimate of drug-likeness (QED) is 0.874. The van der Waals surface area contributed by atoms with E-state index in [-0.39, 0.29) is 0 Å². The summed E-state index contributed by atoms with van der Waals surface area (Å²) >= 11 is 3.69. The Balaban J connectivity index is 2.21. The van der Waals surface area contributed by atoms with Gasteiger partial charge in [0.2, 0.25) is 0 Å². The summed E-state index contributed by atoms with van der Waals surface area (Å²) in [5, 5.41) is 2.14. The van der Waals surface area contributed by atoms with Crippen molar-refractivity contribution in [3.8, 4) is 0 Å². The van der Waals surface area contributed by atoms with Gasteiger partial charge >= 0.3 is 0 Å². The molecule has 2 N–H and O–H groups in total. The van der Waals surface area contributed by atoms with Crippen molar-refractivity contribution in [2.24, 2.45) is 5.73 Å². The number of hydrogen-bond acceptors (Lipinski definition) is 4. The molecular weight excluding hydrogens is 272 g/mol. The Kier molecular flexibility index (Phi) is 5.16. The molecule has 0 aliphatic heterocycles. The normalized spacial score (nSPS) is 13.1. The molecule has 0 aliphatic rings. The topological polar surface area (TPSA) is 29.3 Å². The van der Waals surface area contributed by atoms with Gasteiger partial charge in [-0.1, -0.05) is 13.0 Å². The maximum atomic E-state index is 6.05. The second kappa shape index (κ2) is 6.66. The van der Waals surface area contributed by atoms with Crippen LogP contribution in [0.2, 0.25) is 0 Å². The average molecular weight is 294 g/mol. The van der Waals surface area contributed by atoms with Crippen molar-refractivity contribution in [1.29, 1.82) is 0 Å². The van der Waals surface area contributed by atoms with E-state index < -0.39 is 0 Å². The number of nitrogens with two attached hydrogens (primary N) is 1. The van der Waals surface area contributed by atoms with Gasteiger partial charge < -0.3 is 5.73 Å². The smallest absolute Gasteiger partial charge is 0.0485 e. The van der Waals surface area contributed by atoms with E-state index in [9.17, 15) is 0 Å². The summed E-state index contributed by atoms with van der Waals surface area (Å²) in [6.45, 7) is 9.28. The second-order valence-corrected chi connectivity index (χ2v) is 7.26. The highest BCUT2D eigenvalue weighted by molar-refractivity contribution is 7.12. The fraction of sp³-hybridized carbons (Fsp3) is 0.467. The standard InChI is InChI=1S/C15H22N2S2/c1-4-17(10-13-6-5-7-18-13)15(9-16)14-8-11(2)19-12(14)3/h5-8,15H,4,9-10,16H2,1-3H3. The summed E-state index contributed by atoms with van der Waals surface area (Å²) in [4.78, 5) is 6.65. The molecule has 4 heteroatoms. The van der Waals surface area contributed by atoms with Crippen LogP contribution in [-0.2, 0) is 6.54 Å². The predicted octanol–water partition coefficient (Wildman–Crippen LogP) is 3.95. The van der Waals surface area contributed by atoms with E-state index in [1.165, 1.54) is 20.2 Å².